The molecule has 1 aliphatic heterocycles. The minimum Gasteiger partial charge on any atom is -0.489 e. The van der Waals surface area contributed by atoms with E-state index in [-0.39, 0.29) is 11.0 Å². The van der Waals surface area contributed by atoms with E-state index in [0.717, 1.165) is 0 Å². The van der Waals surface area contributed by atoms with Gasteiger partial charge in [-0.15, -0.1) is 0 Å². The largest absolute Gasteiger partial charge is 0.489 e. The lowest BCUT2D eigenvalue weighted by Gasteiger charge is -2.17. The number of halogens is 1. The molecule has 0 unspecified atom stereocenters. The fourth-order valence-corrected chi connectivity index (χ4v) is 3.99. The molecule has 1 aliphatic rings. The number of aromatic nitrogens is 1. The molecule has 1 aromatic carbocycles. The second kappa shape index (κ2) is 6.24. The van der Waals surface area contributed by atoms with Gasteiger partial charge in [-0.05, 0) is 42.8 Å². The minimum atomic E-state index is -3.50. The topological polar surface area (TPSA) is 59.5 Å². The Kier molecular flexibility index (Phi) is 4.33. The summed E-state index contributed by atoms with van der Waals surface area (Å²) in [5.74, 6) is 0.700. The summed E-state index contributed by atoms with van der Waals surface area (Å²) in [5, 5.41) is 0.513. The van der Waals surface area contributed by atoms with Gasteiger partial charge in [0.1, 0.15) is 11.9 Å². The number of pyridine rings is 1. The third kappa shape index (κ3) is 3.24. The van der Waals surface area contributed by atoms with Crippen molar-refractivity contribution < 1.29 is 13.2 Å². The summed E-state index contributed by atoms with van der Waals surface area (Å²) in [4.78, 5) is 4.18. The zero-order valence-corrected chi connectivity index (χ0v) is 13.3. The van der Waals surface area contributed by atoms with Gasteiger partial charge >= 0.3 is 0 Å². The maximum absolute atomic E-state index is 12.6. The van der Waals surface area contributed by atoms with Gasteiger partial charge in [0.05, 0.1) is 11.4 Å². The van der Waals surface area contributed by atoms with Crippen LogP contribution in [-0.4, -0.2) is 36.9 Å². The van der Waals surface area contributed by atoms with E-state index >= 15 is 0 Å². The highest BCUT2D eigenvalue weighted by molar-refractivity contribution is 7.89. The van der Waals surface area contributed by atoms with Gasteiger partial charge in [-0.2, -0.15) is 4.31 Å². The Labute approximate surface area is 134 Å². The van der Waals surface area contributed by atoms with Crippen molar-refractivity contribution in [3.63, 3.8) is 0 Å². The smallest absolute Gasteiger partial charge is 0.243 e. The van der Waals surface area contributed by atoms with Crippen molar-refractivity contribution in [1.82, 2.24) is 9.29 Å². The van der Waals surface area contributed by atoms with E-state index in [1.54, 1.807) is 36.7 Å². The van der Waals surface area contributed by atoms with E-state index in [1.165, 1.54) is 16.4 Å². The molecule has 0 radical (unpaired) electrons. The van der Waals surface area contributed by atoms with Crippen molar-refractivity contribution >= 4 is 21.6 Å². The standard InChI is InChI=1S/C15H15ClN2O3S/c16-12-1-3-15(4-2-12)22(19,20)18-10-7-14(11-18)21-13-5-8-17-9-6-13/h1-6,8-9,14H,7,10-11H2/t14-/m1/s1. The van der Waals surface area contributed by atoms with Crippen LogP contribution in [0.25, 0.3) is 0 Å². The monoisotopic (exact) mass is 338 g/mol. The van der Waals surface area contributed by atoms with Crippen LogP contribution in [0.5, 0.6) is 5.75 Å². The molecule has 0 spiro atoms. The average molecular weight is 339 g/mol. The van der Waals surface area contributed by atoms with Crippen LogP contribution < -0.4 is 4.74 Å². The van der Waals surface area contributed by atoms with E-state index < -0.39 is 10.0 Å². The second-order valence-corrected chi connectivity index (χ2v) is 7.40. The Bertz CT molecular complexity index is 735. The van der Waals surface area contributed by atoms with Gasteiger partial charge in [0.15, 0.2) is 0 Å². The first-order chi connectivity index (χ1) is 10.6. The van der Waals surface area contributed by atoms with E-state index in [4.69, 9.17) is 16.3 Å². The van der Waals surface area contributed by atoms with Crippen LogP contribution in [-0.2, 0) is 10.0 Å². The first-order valence-corrected chi connectivity index (χ1v) is 8.70. The van der Waals surface area contributed by atoms with Crippen LogP contribution in [0.15, 0.2) is 53.7 Å². The van der Waals surface area contributed by atoms with Gasteiger partial charge in [-0.1, -0.05) is 11.6 Å². The molecule has 116 valence electrons. The number of hydrogen-bond donors (Lipinski definition) is 0. The third-order valence-corrected chi connectivity index (χ3v) is 5.64. The highest BCUT2D eigenvalue weighted by atomic mass is 35.5. The molecule has 7 heteroatoms. The van der Waals surface area contributed by atoms with Crippen LogP contribution in [0.2, 0.25) is 5.02 Å². The predicted molar refractivity (Wildman–Crippen MR) is 83.5 cm³/mol. The Morgan fingerprint density at radius 1 is 1.14 bits per heavy atom. The number of nitrogens with zero attached hydrogens (tertiary/aromatic N) is 2. The normalized spacial score (nSPS) is 19.2. The molecule has 1 aromatic heterocycles. The van der Waals surface area contributed by atoms with Crippen molar-refractivity contribution in [3.8, 4) is 5.75 Å². The number of sulfonamides is 1. The highest BCUT2D eigenvalue weighted by Crippen LogP contribution is 2.24. The molecule has 0 N–H and O–H groups in total. The Morgan fingerprint density at radius 3 is 2.50 bits per heavy atom. The van der Waals surface area contributed by atoms with Crippen molar-refractivity contribution in [2.75, 3.05) is 13.1 Å². The first-order valence-electron chi connectivity index (χ1n) is 6.88. The molecule has 1 atom stereocenters. The molecule has 3 rings (SSSR count). The summed E-state index contributed by atoms with van der Waals surface area (Å²) < 4.78 is 32.4. The van der Waals surface area contributed by atoms with Crippen LogP contribution >= 0.6 is 11.6 Å². The van der Waals surface area contributed by atoms with Crippen molar-refractivity contribution in [3.05, 3.63) is 53.8 Å². The van der Waals surface area contributed by atoms with Gasteiger partial charge in [0.25, 0.3) is 0 Å². The molecular weight excluding hydrogens is 324 g/mol. The molecule has 0 bridgehead atoms. The number of rotatable bonds is 4. The lowest BCUT2D eigenvalue weighted by atomic mass is 10.3. The lowest BCUT2D eigenvalue weighted by Crippen LogP contribution is -2.31. The fourth-order valence-electron chi connectivity index (χ4n) is 2.38. The minimum absolute atomic E-state index is 0.149. The third-order valence-electron chi connectivity index (χ3n) is 3.51. The summed E-state index contributed by atoms with van der Waals surface area (Å²) >= 11 is 5.80. The molecule has 0 saturated carbocycles. The lowest BCUT2D eigenvalue weighted by molar-refractivity contribution is 0.215. The SMILES string of the molecule is O=S(=O)(c1ccc(Cl)cc1)N1CC[C@@H](Oc2ccncc2)C1. The summed E-state index contributed by atoms with van der Waals surface area (Å²) in [6.07, 6.45) is 3.80. The van der Waals surface area contributed by atoms with Crippen LogP contribution in [0.1, 0.15) is 6.42 Å². The quantitative estimate of drug-likeness (QED) is 0.859. The van der Waals surface area contributed by atoms with Gasteiger partial charge in [0.2, 0.25) is 10.0 Å². The number of benzene rings is 1. The second-order valence-electron chi connectivity index (χ2n) is 5.03. The van der Waals surface area contributed by atoms with Gasteiger partial charge in [0, 0.05) is 24.0 Å². The Balaban J connectivity index is 1.70. The Hall–Kier alpha value is -1.63. The molecule has 2 aromatic rings. The van der Waals surface area contributed by atoms with Crippen LogP contribution in [0, 0.1) is 0 Å². The Morgan fingerprint density at radius 2 is 1.82 bits per heavy atom. The van der Waals surface area contributed by atoms with Crippen LogP contribution in [0.3, 0.4) is 0 Å². The average Bonchev–Trinajstić information content (AvgIpc) is 2.98. The van der Waals surface area contributed by atoms with E-state index in [0.29, 0.717) is 30.3 Å². The van der Waals surface area contributed by atoms with E-state index in [9.17, 15) is 8.42 Å². The molecule has 2 heterocycles. The van der Waals surface area contributed by atoms with Crippen molar-refractivity contribution in [1.29, 1.82) is 0 Å². The summed E-state index contributed by atoms with van der Waals surface area (Å²) in [7, 11) is -3.50. The van der Waals surface area contributed by atoms with Gasteiger partial charge < -0.3 is 4.74 Å². The van der Waals surface area contributed by atoms with Crippen molar-refractivity contribution in [2.24, 2.45) is 0 Å². The maximum Gasteiger partial charge on any atom is 0.243 e. The zero-order chi connectivity index (χ0) is 15.6. The molecule has 1 fully saturated rings. The predicted octanol–water partition coefficient (Wildman–Crippen LogP) is 2.58. The molecule has 1 saturated heterocycles. The van der Waals surface area contributed by atoms with Gasteiger partial charge in [-0.25, -0.2) is 8.42 Å². The van der Waals surface area contributed by atoms with Gasteiger partial charge in [-0.3, -0.25) is 4.98 Å². The molecule has 0 aliphatic carbocycles. The summed E-state index contributed by atoms with van der Waals surface area (Å²) in [5.41, 5.74) is 0. The molecule has 5 nitrogen and oxygen atoms in total. The number of ether oxygens (including phenoxy) is 1. The highest BCUT2D eigenvalue weighted by Gasteiger charge is 2.33. The van der Waals surface area contributed by atoms with Crippen molar-refractivity contribution in [2.45, 2.75) is 17.4 Å². The first kappa shape index (κ1) is 15.3. The molecule has 0 amide bonds. The number of hydrogen-bond acceptors (Lipinski definition) is 4. The fraction of sp³-hybridized carbons (Fsp3) is 0.267. The molecular formula is C15H15ClN2O3S. The zero-order valence-electron chi connectivity index (χ0n) is 11.7. The summed E-state index contributed by atoms with van der Waals surface area (Å²) in [6.45, 7) is 0.786. The maximum atomic E-state index is 12.6. The van der Waals surface area contributed by atoms with E-state index in [2.05, 4.69) is 4.98 Å². The summed E-state index contributed by atoms with van der Waals surface area (Å²) in [6, 6.07) is 9.72. The van der Waals surface area contributed by atoms with E-state index in [1.807, 2.05) is 0 Å². The van der Waals surface area contributed by atoms with Crippen LogP contribution in [0.4, 0.5) is 0 Å². The molecule has 22 heavy (non-hydrogen) atoms.